The Morgan fingerprint density at radius 1 is 1.16 bits per heavy atom. The minimum atomic E-state index is -0.226. The smallest absolute Gasteiger partial charge is 0.227 e. The van der Waals surface area contributed by atoms with E-state index in [1.807, 2.05) is 0 Å². The molecule has 2 aromatic rings. The summed E-state index contributed by atoms with van der Waals surface area (Å²) in [4.78, 5) is 18.8. The molecule has 174 valence electrons. The van der Waals surface area contributed by atoms with Crippen molar-refractivity contribution in [3.05, 3.63) is 36.5 Å². The summed E-state index contributed by atoms with van der Waals surface area (Å²) in [7, 11) is 0. The molecule has 1 N–H and O–H groups in total. The Kier molecular flexibility index (Phi) is 6.54. The molecule has 2 saturated heterocycles. The fourth-order valence-corrected chi connectivity index (χ4v) is 6.44. The van der Waals surface area contributed by atoms with Crippen molar-refractivity contribution in [2.75, 3.05) is 52.5 Å². The van der Waals surface area contributed by atoms with Gasteiger partial charge in [0, 0.05) is 50.5 Å². The molecule has 32 heavy (non-hydrogen) atoms. The van der Waals surface area contributed by atoms with Gasteiger partial charge in [-0.1, -0.05) is 25.1 Å². The summed E-state index contributed by atoms with van der Waals surface area (Å²) >= 11 is 0. The fraction of sp³-hybridized carbons (Fsp3) is 0.654. The number of benzene rings is 1. The number of para-hydroxylation sites is 1. The molecule has 1 saturated carbocycles. The van der Waals surface area contributed by atoms with Gasteiger partial charge in [0.05, 0.1) is 18.6 Å². The van der Waals surface area contributed by atoms with Crippen LogP contribution >= 0.6 is 0 Å². The van der Waals surface area contributed by atoms with Crippen LogP contribution in [0.2, 0.25) is 0 Å². The van der Waals surface area contributed by atoms with Crippen molar-refractivity contribution in [3.63, 3.8) is 0 Å². The predicted molar refractivity (Wildman–Crippen MR) is 128 cm³/mol. The van der Waals surface area contributed by atoms with E-state index in [4.69, 9.17) is 4.74 Å². The van der Waals surface area contributed by atoms with E-state index < -0.39 is 0 Å². The zero-order valence-electron chi connectivity index (χ0n) is 19.5. The number of amides is 1. The van der Waals surface area contributed by atoms with E-state index in [1.165, 1.54) is 10.9 Å². The number of hydrogen-bond donors (Lipinski definition) is 1. The van der Waals surface area contributed by atoms with Crippen LogP contribution in [0.5, 0.6) is 0 Å². The highest BCUT2D eigenvalue weighted by Gasteiger charge is 2.52. The molecule has 0 radical (unpaired) electrons. The van der Waals surface area contributed by atoms with Crippen LogP contribution in [0.1, 0.15) is 32.6 Å². The standard InChI is InChI=1S/C26H38N4O2/c1-2-28-12-9-22-19-23(29-15-17-32-18-16-29)7-10-26(22,20-28)25(31)27-11-14-30-13-8-21-5-3-4-6-24(21)30/h3-6,8,13,22-23H,2,7,9-12,14-20H2,1H3,(H,27,31)/t22-,23+,26-/m1/s1. The summed E-state index contributed by atoms with van der Waals surface area (Å²) in [5.41, 5.74) is 1.01. The zero-order valence-corrected chi connectivity index (χ0v) is 19.5. The van der Waals surface area contributed by atoms with Crippen LogP contribution in [0.15, 0.2) is 36.5 Å². The SMILES string of the molecule is CCN1CC[C@@H]2C[C@@H](N3CCOCC3)CC[C@@]2(C(=O)NCCn2ccc3ccccc32)C1. The number of carbonyl (C=O) groups is 1. The molecule has 3 aliphatic rings. The highest BCUT2D eigenvalue weighted by Crippen LogP contribution is 2.47. The maximum atomic E-state index is 13.7. The second-order valence-electron chi connectivity index (χ2n) is 9.91. The monoisotopic (exact) mass is 438 g/mol. The summed E-state index contributed by atoms with van der Waals surface area (Å²) < 4.78 is 7.82. The molecular weight excluding hydrogens is 400 g/mol. The number of aromatic nitrogens is 1. The lowest BCUT2D eigenvalue weighted by Gasteiger charge is -2.53. The van der Waals surface area contributed by atoms with Crippen LogP contribution in [-0.2, 0) is 16.1 Å². The molecule has 3 atom stereocenters. The quantitative estimate of drug-likeness (QED) is 0.753. The van der Waals surface area contributed by atoms with Crippen molar-refractivity contribution < 1.29 is 9.53 Å². The molecule has 1 aromatic heterocycles. The molecule has 6 heteroatoms. The third-order valence-corrected chi connectivity index (χ3v) is 8.34. The van der Waals surface area contributed by atoms with Gasteiger partial charge in [-0.3, -0.25) is 9.69 Å². The average molecular weight is 439 g/mol. The zero-order chi connectivity index (χ0) is 22.0. The number of nitrogens with one attached hydrogen (secondary N) is 1. The molecule has 0 unspecified atom stereocenters. The first kappa shape index (κ1) is 21.9. The van der Waals surface area contributed by atoms with E-state index in [2.05, 4.69) is 63.1 Å². The van der Waals surface area contributed by atoms with Gasteiger partial charge < -0.3 is 19.5 Å². The third kappa shape index (κ3) is 4.20. The fourth-order valence-electron chi connectivity index (χ4n) is 6.44. The van der Waals surface area contributed by atoms with Gasteiger partial charge in [-0.25, -0.2) is 0 Å². The molecule has 0 bridgehead atoms. The van der Waals surface area contributed by atoms with Gasteiger partial charge in [-0.2, -0.15) is 0 Å². The largest absolute Gasteiger partial charge is 0.379 e. The van der Waals surface area contributed by atoms with Gasteiger partial charge >= 0.3 is 0 Å². The topological polar surface area (TPSA) is 49.7 Å². The van der Waals surface area contributed by atoms with E-state index in [1.54, 1.807) is 0 Å². The number of ether oxygens (including phenoxy) is 1. The van der Waals surface area contributed by atoms with E-state index in [0.29, 0.717) is 18.5 Å². The predicted octanol–water partition coefficient (Wildman–Crippen LogP) is 2.97. The second kappa shape index (κ2) is 9.54. The minimum absolute atomic E-state index is 0.226. The Morgan fingerprint density at radius 3 is 2.84 bits per heavy atom. The van der Waals surface area contributed by atoms with Crippen molar-refractivity contribution in [2.45, 2.75) is 45.2 Å². The molecule has 3 heterocycles. The first-order chi connectivity index (χ1) is 15.7. The first-order valence-electron chi connectivity index (χ1n) is 12.6. The highest BCUT2D eigenvalue weighted by atomic mass is 16.5. The van der Waals surface area contributed by atoms with Crippen molar-refractivity contribution in [3.8, 4) is 0 Å². The minimum Gasteiger partial charge on any atom is -0.379 e. The lowest BCUT2D eigenvalue weighted by molar-refractivity contribution is -0.144. The van der Waals surface area contributed by atoms with E-state index in [-0.39, 0.29) is 11.3 Å². The maximum Gasteiger partial charge on any atom is 0.227 e. The first-order valence-corrected chi connectivity index (χ1v) is 12.6. The van der Waals surface area contributed by atoms with Crippen LogP contribution in [0.4, 0.5) is 0 Å². The molecule has 2 aliphatic heterocycles. The molecule has 5 rings (SSSR count). The van der Waals surface area contributed by atoms with Gasteiger partial charge in [0.1, 0.15) is 0 Å². The van der Waals surface area contributed by atoms with Crippen LogP contribution in [0, 0.1) is 11.3 Å². The second-order valence-corrected chi connectivity index (χ2v) is 9.91. The Balaban J connectivity index is 1.25. The molecule has 3 fully saturated rings. The molecule has 1 amide bonds. The molecule has 6 nitrogen and oxygen atoms in total. The van der Waals surface area contributed by atoms with Gasteiger partial charge in [0.15, 0.2) is 0 Å². The number of carbonyl (C=O) groups excluding carboxylic acids is 1. The summed E-state index contributed by atoms with van der Waals surface area (Å²) in [5.74, 6) is 0.775. The number of rotatable bonds is 6. The van der Waals surface area contributed by atoms with E-state index in [0.717, 1.165) is 78.2 Å². The summed E-state index contributed by atoms with van der Waals surface area (Å²) in [6, 6.07) is 11.2. The number of fused-ring (bicyclic) bond motifs is 2. The lowest BCUT2D eigenvalue weighted by Crippen LogP contribution is -2.61. The highest BCUT2D eigenvalue weighted by molar-refractivity contribution is 5.84. The number of likely N-dealkylation sites (tertiary alicyclic amines) is 1. The summed E-state index contributed by atoms with van der Waals surface area (Å²) in [5, 5.41) is 4.62. The van der Waals surface area contributed by atoms with Gasteiger partial charge in [-0.15, -0.1) is 0 Å². The Bertz CT molecular complexity index is 921. The third-order valence-electron chi connectivity index (χ3n) is 8.34. The Labute approximate surface area is 191 Å². The van der Waals surface area contributed by atoms with E-state index >= 15 is 0 Å². The Morgan fingerprint density at radius 2 is 2.00 bits per heavy atom. The Hall–Kier alpha value is -1.89. The number of morpholine rings is 1. The van der Waals surface area contributed by atoms with Crippen molar-refractivity contribution in [2.24, 2.45) is 11.3 Å². The van der Waals surface area contributed by atoms with Crippen molar-refractivity contribution >= 4 is 16.8 Å². The van der Waals surface area contributed by atoms with Gasteiger partial charge in [-0.05, 0) is 62.2 Å². The summed E-state index contributed by atoms with van der Waals surface area (Å²) in [6.07, 6.45) is 6.57. The van der Waals surface area contributed by atoms with Crippen LogP contribution in [0.25, 0.3) is 10.9 Å². The van der Waals surface area contributed by atoms with Gasteiger partial charge in [0.25, 0.3) is 0 Å². The van der Waals surface area contributed by atoms with Crippen molar-refractivity contribution in [1.29, 1.82) is 0 Å². The van der Waals surface area contributed by atoms with Crippen LogP contribution < -0.4 is 5.32 Å². The van der Waals surface area contributed by atoms with Crippen LogP contribution in [-0.4, -0.2) is 78.8 Å². The molecular formula is C26H38N4O2. The number of piperidine rings is 1. The summed E-state index contributed by atoms with van der Waals surface area (Å²) in [6.45, 7) is 10.6. The number of hydrogen-bond acceptors (Lipinski definition) is 4. The average Bonchev–Trinajstić information content (AvgIpc) is 3.27. The van der Waals surface area contributed by atoms with Gasteiger partial charge in [0.2, 0.25) is 5.91 Å². The van der Waals surface area contributed by atoms with Crippen molar-refractivity contribution in [1.82, 2.24) is 19.7 Å². The van der Waals surface area contributed by atoms with Crippen LogP contribution in [0.3, 0.4) is 0 Å². The maximum absolute atomic E-state index is 13.7. The molecule has 1 aliphatic carbocycles. The lowest BCUT2D eigenvalue weighted by atomic mass is 9.61. The molecule has 1 aromatic carbocycles. The van der Waals surface area contributed by atoms with E-state index in [9.17, 15) is 4.79 Å². The normalized spacial score (nSPS) is 29.7. The number of nitrogens with zero attached hydrogens (tertiary/aromatic N) is 3. The molecule has 0 spiro atoms.